The summed E-state index contributed by atoms with van der Waals surface area (Å²) in [5, 5.41) is 18.7. The van der Waals surface area contributed by atoms with Crippen LogP contribution in [0.4, 0.5) is 0 Å². The molecule has 6 heteroatoms. The van der Waals surface area contributed by atoms with Gasteiger partial charge in [0.25, 0.3) is 0 Å². The molecule has 0 radical (unpaired) electrons. The van der Waals surface area contributed by atoms with Crippen LogP contribution in [-0.2, 0) is 10.5 Å². The van der Waals surface area contributed by atoms with Crippen LogP contribution in [0, 0.1) is 11.8 Å². The average Bonchev–Trinajstić information content (AvgIpc) is 2.67. The second kappa shape index (κ2) is 8.20. The fraction of sp³-hybridized carbons (Fsp3) is 0.286. The van der Waals surface area contributed by atoms with Crippen LogP contribution >= 0.6 is 23.5 Å². The van der Waals surface area contributed by atoms with Gasteiger partial charge in [-0.3, -0.25) is 0 Å². The Hall–Kier alpha value is -2.23. The van der Waals surface area contributed by atoms with Crippen LogP contribution in [-0.4, -0.2) is 35.3 Å². The molecule has 0 spiro atoms. The number of carboxylic acid groups (broad SMARTS) is 1. The van der Waals surface area contributed by atoms with Gasteiger partial charge in [-0.25, -0.2) is 4.79 Å². The van der Waals surface area contributed by atoms with E-state index in [-0.39, 0.29) is 15.4 Å². The van der Waals surface area contributed by atoms with Gasteiger partial charge in [0.15, 0.2) is 0 Å². The third-order valence-electron chi connectivity index (χ3n) is 4.58. The molecule has 2 N–H and O–H groups in total. The van der Waals surface area contributed by atoms with Crippen molar-refractivity contribution in [2.45, 2.75) is 16.9 Å². The summed E-state index contributed by atoms with van der Waals surface area (Å²) in [6.45, 7) is 0.684. The highest BCUT2D eigenvalue weighted by Gasteiger charge is 2.37. The predicted molar refractivity (Wildman–Crippen MR) is 111 cm³/mol. The van der Waals surface area contributed by atoms with Gasteiger partial charge in [-0.2, -0.15) is 0 Å². The number of carbonyl (C=O) groups is 1. The Bertz CT molecular complexity index is 924. The number of rotatable bonds is 4. The summed E-state index contributed by atoms with van der Waals surface area (Å²) < 4.78 is 5.99. The van der Waals surface area contributed by atoms with E-state index in [9.17, 15) is 9.90 Å². The summed E-state index contributed by atoms with van der Waals surface area (Å²) in [4.78, 5) is 11.0. The number of ether oxygens (including phenoxy) is 1. The normalized spacial score (nSPS) is 14.4. The fourth-order valence-electron chi connectivity index (χ4n) is 3.16. The largest absolute Gasteiger partial charge is 0.507 e. The molecule has 3 rings (SSSR count). The lowest BCUT2D eigenvalue weighted by Gasteiger charge is -2.36. The Labute approximate surface area is 167 Å². The molecule has 0 fully saturated rings. The van der Waals surface area contributed by atoms with Crippen molar-refractivity contribution in [1.82, 2.24) is 0 Å². The number of benzene rings is 2. The van der Waals surface area contributed by atoms with Gasteiger partial charge >= 0.3 is 5.97 Å². The van der Waals surface area contributed by atoms with Gasteiger partial charge in [0, 0.05) is 29.5 Å². The van der Waals surface area contributed by atoms with Gasteiger partial charge in [0.1, 0.15) is 17.1 Å². The van der Waals surface area contributed by atoms with E-state index in [0.29, 0.717) is 18.6 Å². The molecule has 140 valence electrons. The second-order valence-corrected chi connectivity index (χ2v) is 8.54. The summed E-state index contributed by atoms with van der Waals surface area (Å²) in [6.07, 6.45) is 5.74. The molecule has 0 unspecified atom stereocenters. The monoisotopic (exact) mass is 400 g/mol. The number of hydrogen-bond acceptors (Lipinski definition) is 5. The van der Waals surface area contributed by atoms with Crippen molar-refractivity contribution in [3.05, 3.63) is 58.7 Å². The quantitative estimate of drug-likeness (QED) is 0.588. The Morgan fingerprint density at radius 3 is 2.70 bits per heavy atom. The van der Waals surface area contributed by atoms with Crippen molar-refractivity contribution < 1.29 is 19.7 Å². The number of aromatic carboxylic acids is 1. The van der Waals surface area contributed by atoms with Crippen LogP contribution in [0.5, 0.6) is 11.5 Å². The van der Waals surface area contributed by atoms with E-state index in [1.165, 1.54) is 17.7 Å². The van der Waals surface area contributed by atoms with Crippen molar-refractivity contribution in [3.8, 4) is 23.3 Å². The maximum atomic E-state index is 11.0. The van der Waals surface area contributed by atoms with Gasteiger partial charge in [-0.1, -0.05) is 30.0 Å². The number of carboxylic acids is 1. The minimum atomic E-state index is -1.16. The Kier molecular flexibility index (Phi) is 5.93. The fourth-order valence-corrected chi connectivity index (χ4v) is 5.16. The van der Waals surface area contributed by atoms with Crippen LogP contribution in [0.3, 0.4) is 0 Å². The Morgan fingerprint density at radius 2 is 2.04 bits per heavy atom. The molecule has 1 heterocycles. The Morgan fingerprint density at radius 1 is 1.26 bits per heavy atom. The lowest BCUT2D eigenvalue weighted by molar-refractivity contribution is 0.0693. The van der Waals surface area contributed by atoms with Gasteiger partial charge in [-0.05, 0) is 30.7 Å². The topological polar surface area (TPSA) is 66.8 Å². The maximum Gasteiger partial charge on any atom is 0.339 e. The van der Waals surface area contributed by atoms with Crippen LogP contribution in [0.2, 0.25) is 0 Å². The second-order valence-electron chi connectivity index (χ2n) is 6.07. The van der Waals surface area contributed by atoms with Gasteiger partial charge in [0.2, 0.25) is 0 Å². The van der Waals surface area contributed by atoms with Crippen LogP contribution in [0.1, 0.15) is 33.5 Å². The number of para-hydroxylation sites is 1. The molecule has 4 nitrogen and oxygen atoms in total. The highest BCUT2D eigenvalue weighted by molar-refractivity contribution is 8.16. The van der Waals surface area contributed by atoms with E-state index in [1.54, 1.807) is 6.07 Å². The molecule has 27 heavy (non-hydrogen) atoms. The Balaban J connectivity index is 1.86. The number of aromatic hydroxyl groups is 1. The highest BCUT2D eigenvalue weighted by Crippen LogP contribution is 2.53. The molecule has 2 aromatic carbocycles. The average molecular weight is 401 g/mol. The standard InChI is InChI=1S/C21H20O4S2/c1-26-21(27-2)11-12-25-19-15(7-4-8-17(19)21)6-3-5-14-9-10-16(20(23)24)18(22)13-14/h4,7-10,13,22H,6,11-12H2,1-2H3,(H,23,24). The van der Waals surface area contributed by atoms with E-state index in [4.69, 9.17) is 9.84 Å². The van der Waals surface area contributed by atoms with Crippen LogP contribution in [0.25, 0.3) is 0 Å². The van der Waals surface area contributed by atoms with E-state index < -0.39 is 5.97 Å². The SMILES string of the molecule is CSC1(SC)CCOc2c(CC#Cc3ccc(C(=O)O)c(O)c3)cccc21. The third-order valence-corrected chi connectivity index (χ3v) is 7.75. The summed E-state index contributed by atoms with van der Waals surface area (Å²) in [5.41, 5.74) is 2.69. The zero-order chi connectivity index (χ0) is 19.4. The van der Waals surface area contributed by atoms with Crippen molar-refractivity contribution in [1.29, 1.82) is 0 Å². The summed E-state index contributed by atoms with van der Waals surface area (Å²) in [6, 6.07) is 10.5. The number of thioether (sulfide) groups is 2. The van der Waals surface area contributed by atoms with Crippen molar-refractivity contribution in [3.63, 3.8) is 0 Å². The zero-order valence-electron chi connectivity index (χ0n) is 15.1. The van der Waals surface area contributed by atoms with Gasteiger partial charge in [0.05, 0.1) is 10.7 Å². The maximum absolute atomic E-state index is 11.0. The van der Waals surface area contributed by atoms with Gasteiger partial charge < -0.3 is 14.9 Å². The minimum Gasteiger partial charge on any atom is -0.507 e. The molecular formula is C21H20O4S2. The molecular weight excluding hydrogens is 380 g/mol. The molecule has 2 aromatic rings. The lowest BCUT2D eigenvalue weighted by Crippen LogP contribution is -2.27. The third kappa shape index (κ3) is 3.90. The first-order valence-electron chi connectivity index (χ1n) is 8.41. The highest BCUT2D eigenvalue weighted by atomic mass is 32.2. The first-order chi connectivity index (χ1) is 13.0. The van der Waals surface area contributed by atoms with E-state index in [2.05, 4.69) is 30.4 Å². The number of hydrogen-bond donors (Lipinski definition) is 2. The molecule has 1 aliphatic rings. The zero-order valence-corrected chi connectivity index (χ0v) is 16.7. The molecule has 0 amide bonds. The molecule has 0 aliphatic carbocycles. The molecule has 0 bridgehead atoms. The van der Waals surface area contributed by atoms with E-state index in [0.717, 1.165) is 17.7 Å². The van der Waals surface area contributed by atoms with Crippen LogP contribution < -0.4 is 4.74 Å². The predicted octanol–water partition coefficient (Wildman–Crippen LogP) is 4.35. The van der Waals surface area contributed by atoms with E-state index >= 15 is 0 Å². The number of fused-ring (bicyclic) bond motifs is 1. The van der Waals surface area contributed by atoms with Crippen molar-refractivity contribution in [2.75, 3.05) is 19.1 Å². The van der Waals surface area contributed by atoms with Crippen molar-refractivity contribution in [2.24, 2.45) is 0 Å². The van der Waals surface area contributed by atoms with Gasteiger partial charge in [-0.15, -0.1) is 23.5 Å². The molecule has 1 aliphatic heterocycles. The first kappa shape index (κ1) is 19.5. The summed E-state index contributed by atoms with van der Waals surface area (Å²) in [7, 11) is 0. The molecule has 0 saturated heterocycles. The molecule has 0 aromatic heterocycles. The molecule has 0 saturated carbocycles. The minimum absolute atomic E-state index is 0.00940. The number of phenols is 1. The smallest absolute Gasteiger partial charge is 0.339 e. The van der Waals surface area contributed by atoms with E-state index in [1.807, 2.05) is 35.7 Å². The molecule has 0 atom stereocenters. The van der Waals surface area contributed by atoms with Crippen molar-refractivity contribution >= 4 is 29.5 Å². The lowest BCUT2D eigenvalue weighted by atomic mass is 9.99. The first-order valence-corrected chi connectivity index (χ1v) is 10.9. The van der Waals surface area contributed by atoms with Crippen LogP contribution in [0.15, 0.2) is 36.4 Å². The summed E-state index contributed by atoms with van der Waals surface area (Å²) in [5.74, 6) is 5.57. The summed E-state index contributed by atoms with van der Waals surface area (Å²) >= 11 is 3.68.